The molecule has 1 aromatic heterocycles. The molecule has 106 valence electrons. The van der Waals surface area contributed by atoms with Gasteiger partial charge < -0.3 is 10.2 Å². The van der Waals surface area contributed by atoms with Gasteiger partial charge in [-0.05, 0) is 52.2 Å². The van der Waals surface area contributed by atoms with Crippen molar-refractivity contribution in [2.45, 2.75) is 65.0 Å². The minimum atomic E-state index is 0.402. The minimum Gasteiger partial charge on any atom is -0.378 e. The number of hydrogen-bond acceptors (Lipinski definition) is 2. The Balaban J connectivity index is 1.75. The average molecular weight is 262 g/mol. The maximum Gasteiger partial charge on any atom is 0.0671 e. The Bertz CT molecular complexity index is 426. The van der Waals surface area contributed by atoms with E-state index >= 15 is 0 Å². The highest BCUT2D eigenvalue weighted by molar-refractivity contribution is 5.20. The van der Waals surface area contributed by atoms with E-state index in [1.54, 1.807) is 0 Å². The van der Waals surface area contributed by atoms with Crippen LogP contribution >= 0.6 is 0 Å². The molecule has 1 N–H and O–H groups in total. The van der Waals surface area contributed by atoms with Crippen LogP contribution in [-0.2, 0) is 4.74 Å². The maximum absolute atomic E-state index is 5.98. The van der Waals surface area contributed by atoms with Crippen LogP contribution in [0.2, 0.25) is 0 Å². The second-order valence-electron chi connectivity index (χ2n) is 6.25. The molecule has 2 atom stereocenters. The number of nitrogens with zero attached hydrogens (tertiary/aromatic N) is 1. The summed E-state index contributed by atoms with van der Waals surface area (Å²) in [5.74, 6) is 0. The van der Waals surface area contributed by atoms with E-state index in [2.05, 4.69) is 43.0 Å². The van der Waals surface area contributed by atoms with Crippen LogP contribution in [0.4, 0.5) is 0 Å². The van der Waals surface area contributed by atoms with E-state index in [1.807, 2.05) is 0 Å². The number of rotatable bonds is 4. The summed E-state index contributed by atoms with van der Waals surface area (Å²) in [6, 6.07) is 4.95. The fourth-order valence-electron chi connectivity index (χ4n) is 4.10. The standard InChI is InChI=1S/C16H26N2O/c1-4-19-15-11-14(16(15)9-5-6-10-16)17-18-12(2)7-8-13(18)3/h7-8,14-15,17H,4-6,9-11H2,1-3H3. The van der Waals surface area contributed by atoms with E-state index in [9.17, 15) is 0 Å². The summed E-state index contributed by atoms with van der Waals surface area (Å²) < 4.78 is 8.23. The van der Waals surface area contributed by atoms with E-state index < -0.39 is 0 Å². The molecule has 1 spiro atoms. The Morgan fingerprint density at radius 1 is 1.26 bits per heavy atom. The summed E-state index contributed by atoms with van der Waals surface area (Å²) in [4.78, 5) is 0. The van der Waals surface area contributed by atoms with E-state index in [0.29, 0.717) is 17.6 Å². The minimum absolute atomic E-state index is 0.402. The molecule has 2 aliphatic rings. The fraction of sp³-hybridized carbons (Fsp3) is 0.750. The lowest BCUT2D eigenvalue weighted by Gasteiger charge is -2.54. The number of aryl methyl sites for hydroxylation is 2. The van der Waals surface area contributed by atoms with Crippen molar-refractivity contribution >= 4 is 0 Å². The summed E-state index contributed by atoms with van der Waals surface area (Å²) in [6.07, 6.45) is 7.03. The van der Waals surface area contributed by atoms with Gasteiger partial charge in [-0.3, -0.25) is 4.68 Å². The number of hydrogen-bond donors (Lipinski definition) is 1. The average Bonchev–Trinajstić information content (AvgIpc) is 3.00. The summed E-state index contributed by atoms with van der Waals surface area (Å²) in [6.45, 7) is 7.30. The molecule has 1 heterocycles. The predicted molar refractivity (Wildman–Crippen MR) is 78.0 cm³/mol. The van der Waals surface area contributed by atoms with Gasteiger partial charge in [-0.15, -0.1) is 0 Å². The first-order valence-electron chi connectivity index (χ1n) is 7.70. The lowest BCUT2D eigenvalue weighted by atomic mass is 9.61. The zero-order chi connectivity index (χ0) is 13.5. The van der Waals surface area contributed by atoms with Crippen molar-refractivity contribution in [2.75, 3.05) is 12.0 Å². The molecule has 2 saturated carbocycles. The van der Waals surface area contributed by atoms with Gasteiger partial charge in [0.15, 0.2) is 0 Å². The lowest BCUT2D eigenvalue weighted by molar-refractivity contribution is -0.117. The fourth-order valence-corrected chi connectivity index (χ4v) is 4.10. The van der Waals surface area contributed by atoms with Crippen LogP contribution in [0.5, 0.6) is 0 Å². The van der Waals surface area contributed by atoms with Gasteiger partial charge in [0.05, 0.1) is 12.1 Å². The first-order valence-corrected chi connectivity index (χ1v) is 7.70. The highest BCUT2D eigenvalue weighted by Gasteiger charge is 2.57. The van der Waals surface area contributed by atoms with Gasteiger partial charge in [0, 0.05) is 23.4 Å². The molecule has 3 heteroatoms. The van der Waals surface area contributed by atoms with Gasteiger partial charge >= 0.3 is 0 Å². The van der Waals surface area contributed by atoms with Crippen LogP contribution in [0.1, 0.15) is 50.4 Å². The lowest BCUT2D eigenvalue weighted by Crippen LogP contribution is -2.61. The number of aromatic nitrogens is 1. The van der Waals surface area contributed by atoms with Crippen molar-refractivity contribution in [2.24, 2.45) is 5.41 Å². The summed E-state index contributed by atoms with van der Waals surface area (Å²) >= 11 is 0. The molecule has 2 unspecified atom stereocenters. The molecule has 1 aromatic rings. The number of ether oxygens (including phenoxy) is 1. The normalized spacial score (nSPS) is 28.6. The molecule has 2 fully saturated rings. The molecule has 0 aliphatic heterocycles. The van der Waals surface area contributed by atoms with E-state index in [4.69, 9.17) is 4.74 Å². The van der Waals surface area contributed by atoms with Gasteiger partial charge in [0.1, 0.15) is 0 Å². The number of nitrogens with one attached hydrogen (secondary N) is 1. The Kier molecular flexibility index (Phi) is 3.34. The van der Waals surface area contributed by atoms with Crippen molar-refractivity contribution < 1.29 is 4.74 Å². The Morgan fingerprint density at radius 3 is 2.47 bits per heavy atom. The van der Waals surface area contributed by atoms with Crippen LogP contribution in [0.3, 0.4) is 0 Å². The molecule has 19 heavy (non-hydrogen) atoms. The smallest absolute Gasteiger partial charge is 0.0671 e. The van der Waals surface area contributed by atoms with Gasteiger partial charge in [0.2, 0.25) is 0 Å². The van der Waals surface area contributed by atoms with Gasteiger partial charge in [-0.25, -0.2) is 0 Å². The first-order chi connectivity index (χ1) is 9.17. The zero-order valence-corrected chi connectivity index (χ0v) is 12.4. The van der Waals surface area contributed by atoms with Crippen LogP contribution < -0.4 is 5.43 Å². The summed E-state index contributed by atoms with van der Waals surface area (Å²) in [5, 5.41) is 0. The summed E-state index contributed by atoms with van der Waals surface area (Å²) in [5.41, 5.74) is 6.75. The molecule has 0 radical (unpaired) electrons. The monoisotopic (exact) mass is 262 g/mol. The van der Waals surface area contributed by atoms with Crippen LogP contribution in [0.15, 0.2) is 12.1 Å². The van der Waals surface area contributed by atoms with E-state index in [-0.39, 0.29) is 0 Å². The third-order valence-electron chi connectivity index (χ3n) is 5.24. The second-order valence-corrected chi connectivity index (χ2v) is 6.25. The molecule has 0 saturated heterocycles. The largest absolute Gasteiger partial charge is 0.378 e. The molecule has 0 aromatic carbocycles. The zero-order valence-electron chi connectivity index (χ0n) is 12.4. The van der Waals surface area contributed by atoms with Crippen LogP contribution in [-0.4, -0.2) is 23.4 Å². The third kappa shape index (κ3) is 1.99. The van der Waals surface area contributed by atoms with Gasteiger partial charge in [-0.1, -0.05) is 12.8 Å². The van der Waals surface area contributed by atoms with Crippen molar-refractivity contribution in [1.29, 1.82) is 0 Å². The Hall–Kier alpha value is -0.960. The molecule has 3 nitrogen and oxygen atoms in total. The SMILES string of the molecule is CCOC1CC(Nn2c(C)ccc2C)C12CCCC2. The molecule has 0 amide bonds. The molecule has 0 bridgehead atoms. The second kappa shape index (κ2) is 4.86. The van der Waals surface area contributed by atoms with Crippen molar-refractivity contribution in [1.82, 2.24) is 4.68 Å². The van der Waals surface area contributed by atoms with Crippen molar-refractivity contribution in [3.05, 3.63) is 23.5 Å². The Labute approximate surface area is 116 Å². The Morgan fingerprint density at radius 2 is 1.89 bits per heavy atom. The van der Waals surface area contributed by atoms with Crippen LogP contribution in [0, 0.1) is 19.3 Å². The first kappa shape index (κ1) is 13.0. The highest BCUT2D eigenvalue weighted by atomic mass is 16.5. The molecule has 2 aliphatic carbocycles. The van der Waals surface area contributed by atoms with Crippen LogP contribution in [0.25, 0.3) is 0 Å². The third-order valence-corrected chi connectivity index (χ3v) is 5.24. The molecule has 3 rings (SSSR count). The highest BCUT2D eigenvalue weighted by Crippen LogP contribution is 2.55. The quantitative estimate of drug-likeness (QED) is 0.900. The van der Waals surface area contributed by atoms with Gasteiger partial charge in [0.25, 0.3) is 0 Å². The molecular formula is C16H26N2O. The van der Waals surface area contributed by atoms with E-state index in [1.165, 1.54) is 37.1 Å². The maximum atomic E-state index is 5.98. The molecular weight excluding hydrogens is 236 g/mol. The predicted octanol–water partition coefficient (Wildman–Crippen LogP) is 3.39. The van der Waals surface area contributed by atoms with E-state index in [0.717, 1.165) is 13.0 Å². The topological polar surface area (TPSA) is 26.2 Å². The van der Waals surface area contributed by atoms with Crippen molar-refractivity contribution in [3.63, 3.8) is 0 Å². The summed E-state index contributed by atoms with van der Waals surface area (Å²) in [7, 11) is 0. The van der Waals surface area contributed by atoms with Gasteiger partial charge in [-0.2, -0.15) is 0 Å². The van der Waals surface area contributed by atoms with Crippen molar-refractivity contribution in [3.8, 4) is 0 Å².